The summed E-state index contributed by atoms with van der Waals surface area (Å²) >= 11 is 7.17. The number of amides is 1. The molecule has 0 saturated heterocycles. The molecule has 0 atom stereocenters. The van der Waals surface area contributed by atoms with E-state index in [0.29, 0.717) is 34.6 Å². The van der Waals surface area contributed by atoms with E-state index in [1.165, 1.54) is 23.5 Å². The summed E-state index contributed by atoms with van der Waals surface area (Å²) in [5.41, 5.74) is 0.179. The van der Waals surface area contributed by atoms with E-state index in [-0.39, 0.29) is 17.0 Å². The highest BCUT2D eigenvalue weighted by molar-refractivity contribution is 7.22. The molecule has 8 nitrogen and oxygen atoms in total. The first-order valence-corrected chi connectivity index (χ1v) is 8.66. The third kappa shape index (κ3) is 3.02. The Morgan fingerprint density at radius 1 is 1.23 bits per heavy atom. The molecule has 3 aromatic rings. The lowest BCUT2D eigenvalue weighted by molar-refractivity contribution is -0.385. The minimum Gasteiger partial charge on any atom is -0.486 e. The molecule has 1 aliphatic rings. The average Bonchev–Trinajstić information content (AvgIpc) is 3.01. The van der Waals surface area contributed by atoms with Gasteiger partial charge in [0.15, 0.2) is 16.6 Å². The Bertz CT molecular complexity index is 1050. The number of nitro benzene ring substituents is 1. The Kier molecular flexibility index (Phi) is 4.09. The van der Waals surface area contributed by atoms with E-state index < -0.39 is 10.8 Å². The van der Waals surface area contributed by atoms with Crippen LogP contribution in [0.1, 0.15) is 10.4 Å². The number of anilines is 1. The Labute approximate surface area is 155 Å². The molecule has 0 radical (unpaired) electrons. The van der Waals surface area contributed by atoms with Crippen molar-refractivity contribution in [3.63, 3.8) is 0 Å². The fourth-order valence-electron chi connectivity index (χ4n) is 2.53. The van der Waals surface area contributed by atoms with Gasteiger partial charge in [0.1, 0.15) is 18.8 Å². The second-order valence-corrected chi connectivity index (χ2v) is 6.82. The van der Waals surface area contributed by atoms with Crippen LogP contribution in [0, 0.1) is 10.1 Å². The number of halogens is 1. The maximum atomic E-state index is 12.6. The molecule has 0 aliphatic carbocycles. The van der Waals surface area contributed by atoms with Gasteiger partial charge in [-0.2, -0.15) is 0 Å². The average molecular weight is 392 g/mol. The predicted molar refractivity (Wildman–Crippen MR) is 96.7 cm³/mol. The Morgan fingerprint density at radius 3 is 2.69 bits per heavy atom. The number of hydrogen-bond donors (Lipinski definition) is 1. The first-order chi connectivity index (χ1) is 12.5. The first kappa shape index (κ1) is 16.6. The van der Waals surface area contributed by atoms with Gasteiger partial charge in [-0.3, -0.25) is 20.2 Å². The molecule has 10 heteroatoms. The Balaban J connectivity index is 1.69. The molecular formula is C16H10ClN3O5S. The van der Waals surface area contributed by atoms with Crippen molar-refractivity contribution >= 4 is 49.9 Å². The van der Waals surface area contributed by atoms with Gasteiger partial charge >= 0.3 is 0 Å². The van der Waals surface area contributed by atoms with Crippen molar-refractivity contribution in [1.82, 2.24) is 4.98 Å². The number of thiazole rings is 1. The van der Waals surface area contributed by atoms with Crippen molar-refractivity contribution < 1.29 is 19.2 Å². The van der Waals surface area contributed by atoms with Gasteiger partial charge in [0.05, 0.1) is 21.2 Å². The van der Waals surface area contributed by atoms with Crippen molar-refractivity contribution in [3.05, 3.63) is 51.0 Å². The van der Waals surface area contributed by atoms with Crippen molar-refractivity contribution in [2.45, 2.75) is 0 Å². The van der Waals surface area contributed by atoms with Crippen molar-refractivity contribution in [2.75, 3.05) is 18.5 Å². The monoisotopic (exact) mass is 391 g/mol. The number of benzene rings is 2. The number of rotatable bonds is 3. The topological polar surface area (TPSA) is 104 Å². The van der Waals surface area contributed by atoms with Crippen LogP contribution >= 0.6 is 22.9 Å². The number of fused-ring (bicyclic) bond motifs is 2. The molecule has 0 unspecified atom stereocenters. The maximum Gasteiger partial charge on any atom is 0.286 e. The van der Waals surface area contributed by atoms with Gasteiger partial charge in [0, 0.05) is 11.1 Å². The van der Waals surface area contributed by atoms with E-state index in [9.17, 15) is 14.9 Å². The molecule has 1 N–H and O–H groups in total. The smallest absolute Gasteiger partial charge is 0.286 e. The van der Waals surface area contributed by atoms with E-state index in [1.54, 1.807) is 18.2 Å². The predicted octanol–water partition coefficient (Wildman–Crippen LogP) is 3.88. The molecule has 4 rings (SSSR count). The molecule has 0 spiro atoms. The summed E-state index contributed by atoms with van der Waals surface area (Å²) < 4.78 is 11.5. The van der Waals surface area contributed by atoms with Crippen LogP contribution in [0.3, 0.4) is 0 Å². The fourth-order valence-corrected chi connectivity index (χ4v) is 3.66. The molecule has 132 valence electrons. The first-order valence-electron chi connectivity index (χ1n) is 7.47. The normalized spacial score (nSPS) is 12.8. The Hall–Kier alpha value is -2.91. The van der Waals surface area contributed by atoms with Crippen LogP contribution in [0.25, 0.3) is 10.2 Å². The number of nitro groups is 1. The molecule has 2 heterocycles. The number of hydrogen-bond acceptors (Lipinski definition) is 7. The highest BCUT2D eigenvalue weighted by atomic mass is 35.5. The number of nitrogens with one attached hydrogen (secondary N) is 1. The van der Waals surface area contributed by atoms with Gasteiger partial charge in [-0.25, -0.2) is 4.98 Å². The van der Waals surface area contributed by atoms with E-state index in [4.69, 9.17) is 21.1 Å². The van der Waals surface area contributed by atoms with Crippen LogP contribution in [0.2, 0.25) is 5.02 Å². The van der Waals surface area contributed by atoms with Crippen LogP contribution < -0.4 is 14.8 Å². The SMILES string of the molecule is O=C(Nc1nc2ccc(Cl)cc2s1)c1cc2c(cc1[N+](=O)[O-])OCCO2. The van der Waals surface area contributed by atoms with E-state index >= 15 is 0 Å². The van der Waals surface area contributed by atoms with Crippen LogP contribution in [-0.2, 0) is 0 Å². The Morgan fingerprint density at radius 2 is 1.96 bits per heavy atom. The van der Waals surface area contributed by atoms with Gasteiger partial charge in [-0.15, -0.1) is 0 Å². The van der Waals surface area contributed by atoms with Crippen LogP contribution in [0.15, 0.2) is 30.3 Å². The van der Waals surface area contributed by atoms with Gasteiger partial charge in [-0.05, 0) is 18.2 Å². The summed E-state index contributed by atoms with van der Waals surface area (Å²) in [4.78, 5) is 27.6. The van der Waals surface area contributed by atoms with E-state index in [0.717, 1.165) is 4.70 Å². The zero-order valence-corrected chi connectivity index (χ0v) is 14.6. The summed E-state index contributed by atoms with van der Waals surface area (Å²) in [6.45, 7) is 0.606. The molecule has 0 bridgehead atoms. The number of carbonyl (C=O) groups is 1. The van der Waals surface area contributed by atoms with E-state index in [1.807, 2.05) is 0 Å². The van der Waals surface area contributed by atoms with Crippen molar-refractivity contribution in [1.29, 1.82) is 0 Å². The van der Waals surface area contributed by atoms with Gasteiger partial charge < -0.3 is 9.47 Å². The molecule has 0 saturated carbocycles. The molecule has 1 aliphatic heterocycles. The highest BCUT2D eigenvalue weighted by Crippen LogP contribution is 2.37. The summed E-state index contributed by atoms with van der Waals surface area (Å²) in [5, 5.41) is 14.8. The summed E-state index contributed by atoms with van der Waals surface area (Å²) in [5.74, 6) is -0.115. The third-order valence-corrected chi connectivity index (χ3v) is 4.84. The summed E-state index contributed by atoms with van der Waals surface area (Å²) in [7, 11) is 0. The van der Waals surface area contributed by atoms with Crippen LogP contribution in [-0.4, -0.2) is 29.0 Å². The zero-order valence-electron chi connectivity index (χ0n) is 13.0. The molecule has 26 heavy (non-hydrogen) atoms. The van der Waals surface area contributed by atoms with Gasteiger partial charge in [0.2, 0.25) is 0 Å². The second-order valence-electron chi connectivity index (χ2n) is 5.36. The molecule has 0 fully saturated rings. The minimum atomic E-state index is -0.654. The summed E-state index contributed by atoms with van der Waals surface area (Å²) in [6.07, 6.45) is 0. The quantitative estimate of drug-likeness (QED) is 0.536. The lowest BCUT2D eigenvalue weighted by Gasteiger charge is -2.18. The van der Waals surface area contributed by atoms with E-state index in [2.05, 4.69) is 10.3 Å². The highest BCUT2D eigenvalue weighted by Gasteiger charge is 2.27. The van der Waals surface area contributed by atoms with Crippen molar-refractivity contribution in [3.8, 4) is 11.5 Å². The van der Waals surface area contributed by atoms with Crippen molar-refractivity contribution in [2.24, 2.45) is 0 Å². The number of aromatic nitrogens is 1. The number of carbonyl (C=O) groups excluding carboxylic acids is 1. The number of ether oxygens (including phenoxy) is 2. The molecule has 1 aromatic heterocycles. The second kappa shape index (κ2) is 6.43. The standard InChI is InChI=1S/C16H10ClN3O5S/c17-8-1-2-10-14(5-8)26-16(18-10)19-15(21)9-6-12-13(25-4-3-24-12)7-11(9)20(22)23/h1-2,5-7H,3-4H2,(H,18,19,21). The fraction of sp³-hybridized carbons (Fsp3) is 0.125. The number of nitrogens with zero attached hydrogens (tertiary/aromatic N) is 2. The lowest BCUT2D eigenvalue weighted by atomic mass is 10.1. The molecule has 1 amide bonds. The van der Waals surface area contributed by atoms with Crippen LogP contribution in [0.4, 0.5) is 10.8 Å². The molecule has 2 aromatic carbocycles. The molecular weight excluding hydrogens is 382 g/mol. The zero-order chi connectivity index (χ0) is 18.3. The van der Waals surface area contributed by atoms with Gasteiger partial charge in [0.25, 0.3) is 11.6 Å². The summed E-state index contributed by atoms with van der Waals surface area (Å²) in [6, 6.07) is 7.67. The van der Waals surface area contributed by atoms with Gasteiger partial charge in [-0.1, -0.05) is 22.9 Å². The lowest BCUT2D eigenvalue weighted by Crippen LogP contribution is -2.18. The minimum absolute atomic E-state index is 0.128. The third-order valence-electron chi connectivity index (χ3n) is 3.67. The largest absolute Gasteiger partial charge is 0.486 e. The maximum absolute atomic E-state index is 12.6. The van der Waals surface area contributed by atoms with Crippen LogP contribution in [0.5, 0.6) is 11.5 Å².